The lowest BCUT2D eigenvalue weighted by Crippen LogP contribution is -2.57. The van der Waals surface area contributed by atoms with Crippen molar-refractivity contribution in [3.8, 4) is 5.75 Å². The molecule has 1 aliphatic rings. The molecule has 1 saturated heterocycles. The first kappa shape index (κ1) is 12.7. The molecule has 0 aliphatic carbocycles. The van der Waals surface area contributed by atoms with Gasteiger partial charge >= 0.3 is 0 Å². The van der Waals surface area contributed by atoms with Crippen LogP contribution < -0.4 is 15.0 Å². The molecule has 1 heterocycles. The van der Waals surface area contributed by atoms with Gasteiger partial charge in [-0.05, 0) is 24.6 Å². The zero-order valence-electron chi connectivity index (χ0n) is 10.6. The largest absolute Gasteiger partial charge is 0.495 e. The van der Waals surface area contributed by atoms with Crippen LogP contribution in [-0.2, 0) is 4.79 Å². The number of rotatable bonds is 3. The normalized spacial score (nSPS) is 19.6. The number of hydrogen-bond donors (Lipinski definition) is 2. The number of carbonyl (C=O) groups excluding carboxylic acids is 1. The lowest BCUT2D eigenvalue weighted by Gasteiger charge is -2.36. The summed E-state index contributed by atoms with van der Waals surface area (Å²) in [6.07, 6.45) is 0. The number of carbonyl (C=O) groups is 1. The monoisotopic (exact) mass is 250 g/mol. The number of nitrogens with zero attached hydrogens (tertiary/aromatic N) is 1. The van der Waals surface area contributed by atoms with E-state index in [0.29, 0.717) is 18.8 Å². The molecule has 5 nitrogen and oxygen atoms in total. The van der Waals surface area contributed by atoms with E-state index < -0.39 is 6.04 Å². The van der Waals surface area contributed by atoms with Gasteiger partial charge in [0.2, 0.25) is 5.91 Å². The lowest BCUT2D eigenvalue weighted by molar-refractivity contribution is -0.124. The van der Waals surface area contributed by atoms with Crippen molar-refractivity contribution in [3.63, 3.8) is 0 Å². The molecule has 0 saturated carbocycles. The van der Waals surface area contributed by atoms with Gasteiger partial charge in [-0.25, -0.2) is 0 Å². The molecule has 1 amide bonds. The van der Waals surface area contributed by atoms with Gasteiger partial charge in [-0.15, -0.1) is 0 Å². The van der Waals surface area contributed by atoms with Crippen molar-refractivity contribution in [1.29, 1.82) is 0 Å². The third-order valence-electron chi connectivity index (χ3n) is 3.15. The van der Waals surface area contributed by atoms with Crippen LogP contribution in [0.3, 0.4) is 0 Å². The van der Waals surface area contributed by atoms with Gasteiger partial charge in [0, 0.05) is 13.1 Å². The highest BCUT2D eigenvalue weighted by Gasteiger charge is 2.30. The van der Waals surface area contributed by atoms with Gasteiger partial charge in [-0.1, -0.05) is 6.07 Å². The Morgan fingerprint density at radius 1 is 1.56 bits per heavy atom. The smallest absolute Gasteiger partial charge is 0.245 e. The Kier molecular flexibility index (Phi) is 3.72. The molecule has 0 aromatic heterocycles. The topological polar surface area (TPSA) is 61.8 Å². The Hall–Kier alpha value is -1.75. The second kappa shape index (κ2) is 5.27. The van der Waals surface area contributed by atoms with Crippen LogP contribution in [0.4, 0.5) is 5.69 Å². The zero-order chi connectivity index (χ0) is 13.1. The first-order chi connectivity index (χ1) is 8.67. The molecule has 5 heteroatoms. The average molecular weight is 250 g/mol. The highest BCUT2D eigenvalue weighted by atomic mass is 16.5. The Balaban J connectivity index is 2.39. The van der Waals surface area contributed by atoms with Crippen LogP contribution in [0.1, 0.15) is 5.56 Å². The van der Waals surface area contributed by atoms with Gasteiger partial charge < -0.3 is 20.1 Å². The molecule has 1 atom stereocenters. The van der Waals surface area contributed by atoms with Crippen molar-refractivity contribution in [2.24, 2.45) is 0 Å². The first-order valence-electron chi connectivity index (χ1n) is 5.97. The van der Waals surface area contributed by atoms with Crippen LogP contribution in [0.25, 0.3) is 0 Å². The van der Waals surface area contributed by atoms with E-state index in [1.807, 2.05) is 30.0 Å². The maximum Gasteiger partial charge on any atom is 0.245 e. The molecular weight excluding hydrogens is 232 g/mol. The fraction of sp³-hybridized carbons (Fsp3) is 0.462. The summed E-state index contributed by atoms with van der Waals surface area (Å²) < 4.78 is 5.33. The zero-order valence-corrected chi connectivity index (χ0v) is 10.6. The maximum atomic E-state index is 11.7. The minimum Gasteiger partial charge on any atom is -0.495 e. The second-order valence-corrected chi connectivity index (χ2v) is 4.36. The van der Waals surface area contributed by atoms with Crippen molar-refractivity contribution in [3.05, 3.63) is 23.8 Å². The molecule has 0 bridgehead atoms. The minimum atomic E-state index is -0.547. The first-order valence-corrected chi connectivity index (χ1v) is 5.97. The molecule has 0 spiro atoms. The number of methoxy groups -OCH3 is 1. The Morgan fingerprint density at radius 3 is 3.00 bits per heavy atom. The molecule has 1 aromatic rings. The highest BCUT2D eigenvalue weighted by Crippen LogP contribution is 2.31. The van der Waals surface area contributed by atoms with Crippen LogP contribution in [-0.4, -0.2) is 43.9 Å². The summed E-state index contributed by atoms with van der Waals surface area (Å²) >= 11 is 0. The molecule has 0 radical (unpaired) electrons. The Bertz CT molecular complexity index is 448. The predicted octanol–water partition coefficient (Wildman–Crippen LogP) is 0.301. The molecule has 1 unspecified atom stereocenters. The summed E-state index contributed by atoms with van der Waals surface area (Å²) in [4.78, 5) is 13.6. The van der Waals surface area contributed by atoms with Crippen LogP contribution in [0.15, 0.2) is 18.2 Å². The van der Waals surface area contributed by atoms with E-state index in [9.17, 15) is 9.90 Å². The number of benzene rings is 1. The molecule has 1 aromatic carbocycles. The molecular formula is C13H18N2O3. The fourth-order valence-corrected chi connectivity index (χ4v) is 2.21. The van der Waals surface area contributed by atoms with Gasteiger partial charge in [0.1, 0.15) is 11.8 Å². The quantitative estimate of drug-likeness (QED) is 0.810. The summed E-state index contributed by atoms with van der Waals surface area (Å²) in [5.74, 6) is 0.570. The Morgan fingerprint density at radius 2 is 2.33 bits per heavy atom. The van der Waals surface area contributed by atoms with Gasteiger partial charge in [0.25, 0.3) is 0 Å². The molecule has 1 aliphatic heterocycles. The fourth-order valence-electron chi connectivity index (χ4n) is 2.21. The van der Waals surface area contributed by atoms with Crippen molar-refractivity contribution >= 4 is 11.6 Å². The number of hydrogen-bond acceptors (Lipinski definition) is 4. The van der Waals surface area contributed by atoms with E-state index in [-0.39, 0.29) is 12.5 Å². The lowest BCUT2D eigenvalue weighted by atomic mass is 10.1. The number of aryl methyl sites for hydroxylation is 1. The van der Waals surface area contributed by atoms with E-state index in [4.69, 9.17) is 4.74 Å². The van der Waals surface area contributed by atoms with Crippen molar-refractivity contribution in [1.82, 2.24) is 5.32 Å². The summed E-state index contributed by atoms with van der Waals surface area (Å²) in [5.41, 5.74) is 1.94. The number of amides is 1. The van der Waals surface area contributed by atoms with E-state index in [1.165, 1.54) is 0 Å². The van der Waals surface area contributed by atoms with Crippen molar-refractivity contribution in [2.45, 2.75) is 13.0 Å². The van der Waals surface area contributed by atoms with Crippen molar-refractivity contribution in [2.75, 3.05) is 31.7 Å². The Labute approximate surface area is 106 Å². The molecule has 2 N–H and O–H groups in total. The third-order valence-corrected chi connectivity index (χ3v) is 3.15. The van der Waals surface area contributed by atoms with Crippen molar-refractivity contribution < 1.29 is 14.6 Å². The minimum absolute atomic E-state index is 0.146. The molecule has 1 fully saturated rings. The number of aliphatic hydroxyl groups excluding tert-OH is 1. The van der Waals surface area contributed by atoms with E-state index in [2.05, 4.69) is 5.32 Å². The van der Waals surface area contributed by atoms with E-state index >= 15 is 0 Å². The van der Waals surface area contributed by atoms with E-state index in [1.54, 1.807) is 7.11 Å². The highest BCUT2D eigenvalue weighted by molar-refractivity contribution is 5.87. The van der Waals surface area contributed by atoms with Crippen LogP contribution in [0.2, 0.25) is 0 Å². The number of anilines is 1. The van der Waals surface area contributed by atoms with Crippen LogP contribution in [0.5, 0.6) is 5.75 Å². The van der Waals surface area contributed by atoms with Gasteiger partial charge in [-0.3, -0.25) is 4.79 Å². The number of ether oxygens (including phenoxy) is 1. The predicted molar refractivity (Wildman–Crippen MR) is 69.0 cm³/mol. The van der Waals surface area contributed by atoms with Gasteiger partial charge in [0.15, 0.2) is 0 Å². The molecule has 98 valence electrons. The summed E-state index contributed by atoms with van der Waals surface area (Å²) in [5, 5.41) is 12.1. The SMILES string of the molecule is COc1ccc(C)cc1N1CCNC(=O)C1CO. The van der Waals surface area contributed by atoms with Gasteiger partial charge in [-0.2, -0.15) is 0 Å². The number of aliphatic hydroxyl groups is 1. The summed E-state index contributed by atoms with van der Waals surface area (Å²) in [7, 11) is 1.60. The number of piperazine rings is 1. The second-order valence-electron chi connectivity index (χ2n) is 4.36. The summed E-state index contributed by atoms with van der Waals surface area (Å²) in [6.45, 7) is 3.02. The average Bonchev–Trinajstić information content (AvgIpc) is 2.38. The maximum absolute atomic E-state index is 11.7. The standard InChI is InChI=1S/C13H18N2O3/c1-9-3-4-12(18-2)10(7-9)15-6-5-14-13(17)11(15)8-16/h3-4,7,11,16H,5-6,8H2,1-2H3,(H,14,17). The summed E-state index contributed by atoms with van der Waals surface area (Å²) in [6, 6.07) is 5.26. The molecule has 18 heavy (non-hydrogen) atoms. The van der Waals surface area contributed by atoms with Crippen LogP contribution >= 0.6 is 0 Å². The molecule has 2 rings (SSSR count). The van der Waals surface area contributed by atoms with E-state index in [0.717, 1.165) is 11.3 Å². The van der Waals surface area contributed by atoms with Gasteiger partial charge in [0.05, 0.1) is 19.4 Å². The third kappa shape index (κ3) is 2.26. The van der Waals surface area contributed by atoms with Crippen LogP contribution in [0, 0.1) is 6.92 Å². The number of nitrogens with one attached hydrogen (secondary N) is 1.